The highest BCUT2D eigenvalue weighted by molar-refractivity contribution is 7.98. The summed E-state index contributed by atoms with van der Waals surface area (Å²) in [5, 5.41) is 3.48. The molecule has 0 atom stereocenters. The third-order valence-corrected chi connectivity index (χ3v) is 4.02. The zero-order valence-electron chi connectivity index (χ0n) is 12.0. The zero-order valence-corrected chi connectivity index (χ0v) is 13.5. The topological polar surface area (TPSA) is 32.3 Å². The molecule has 0 heterocycles. The van der Waals surface area contributed by atoms with Crippen molar-refractivity contribution in [2.24, 2.45) is 0 Å². The van der Waals surface area contributed by atoms with Crippen LogP contribution in [0, 0.1) is 0 Å². The molecule has 0 radical (unpaired) electrons. The average Bonchev–Trinajstić information content (AvgIpc) is 2.50. The van der Waals surface area contributed by atoms with Crippen molar-refractivity contribution >= 4 is 35.1 Å². The van der Waals surface area contributed by atoms with E-state index in [9.17, 15) is 4.79 Å². The first-order valence-electron chi connectivity index (χ1n) is 6.49. The summed E-state index contributed by atoms with van der Waals surface area (Å²) in [6.45, 7) is 0.564. The summed E-state index contributed by atoms with van der Waals surface area (Å²) in [6.07, 6.45) is 2.04. The van der Waals surface area contributed by atoms with Crippen LogP contribution in [-0.4, -0.2) is 24.2 Å². The van der Waals surface area contributed by atoms with Crippen LogP contribution in [0.1, 0.15) is 5.56 Å². The SMILES string of the molecule is CSc1ccc(CN(C)C(=O)Nc2ccc(Cl)cc2)cc1. The van der Waals surface area contributed by atoms with Gasteiger partial charge in [-0.3, -0.25) is 0 Å². The molecule has 0 aliphatic rings. The van der Waals surface area contributed by atoms with E-state index in [1.165, 1.54) is 4.90 Å². The first kappa shape index (κ1) is 15.7. The van der Waals surface area contributed by atoms with E-state index in [0.717, 1.165) is 11.3 Å². The van der Waals surface area contributed by atoms with Gasteiger partial charge in [0, 0.05) is 29.2 Å². The maximum atomic E-state index is 12.1. The Balaban J connectivity index is 1.93. The number of amides is 2. The number of thioether (sulfide) groups is 1. The van der Waals surface area contributed by atoms with Crippen molar-refractivity contribution in [3.63, 3.8) is 0 Å². The minimum absolute atomic E-state index is 0.147. The van der Waals surface area contributed by atoms with Crippen LogP contribution in [0.5, 0.6) is 0 Å². The molecule has 0 aliphatic carbocycles. The molecule has 0 saturated carbocycles. The van der Waals surface area contributed by atoms with Gasteiger partial charge in [0.05, 0.1) is 0 Å². The molecular weight excluding hydrogens is 304 g/mol. The summed E-state index contributed by atoms with van der Waals surface area (Å²) in [5.74, 6) is 0. The minimum atomic E-state index is -0.147. The lowest BCUT2D eigenvalue weighted by Crippen LogP contribution is -2.30. The summed E-state index contributed by atoms with van der Waals surface area (Å²) in [6, 6.07) is 15.1. The van der Waals surface area contributed by atoms with E-state index in [0.29, 0.717) is 11.6 Å². The molecule has 5 heteroatoms. The highest BCUT2D eigenvalue weighted by Crippen LogP contribution is 2.16. The second-order valence-corrected chi connectivity index (χ2v) is 5.96. The van der Waals surface area contributed by atoms with Crippen molar-refractivity contribution < 1.29 is 4.79 Å². The predicted molar refractivity (Wildman–Crippen MR) is 90.2 cm³/mol. The Kier molecular flexibility index (Phi) is 5.53. The highest BCUT2D eigenvalue weighted by atomic mass is 35.5. The molecule has 0 aliphatic heterocycles. The zero-order chi connectivity index (χ0) is 15.2. The number of carbonyl (C=O) groups is 1. The van der Waals surface area contributed by atoms with Crippen molar-refractivity contribution in [3.05, 3.63) is 59.1 Å². The van der Waals surface area contributed by atoms with Gasteiger partial charge >= 0.3 is 6.03 Å². The van der Waals surface area contributed by atoms with Crippen molar-refractivity contribution in [1.29, 1.82) is 0 Å². The Bertz CT molecular complexity index is 599. The van der Waals surface area contributed by atoms with Crippen LogP contribution in [0.15, 0.2) is 53.4 Å². The standard InChI is InChI=1S/C16H17ClN2OS/c1-19(11-12-3-9-15(21-2)10-4-12)16(20)18-14-7-5-13(17)6-8-14/h3-10H,11H2,1-2H3,(H,18,20). The highest BCUT2D eigenvalue weighted by Gasteiger charge is 2.09. The Morgan fingerprint density at radius 3 is 2.33 bits per heavy atom. The van der Waals surface area contributed by atoms with E-state index < -0.39 is 0 Å². The number of nitrogens with one attached hydrogen (secondary N) is 1. The fourth-order valence-electron chi connectivity index (χ4n) is 1.83. The van der Waals surface area contributed by atoms with E-state index in [4.69, 9.17) is 11.6 Å². The van der Waals surface area contributed by atoms with E-state index in [2.05, 4.69) is 17.4 Å². The first-order chi connectivity index (χ1) is 10.1. The molecular formula is C16H17ClN2OS. The molecule has 0 spiro atoms. The van der Waals surface area contributed by atoms with Gasteiger partial charge < -0.3 is 10.2 Å². The Labute approximate surface area is 134 Å². The number of urea groups is 1. The van der Waals surface area contributed by atoms with E-state index in [-0.39, 0.29) is 6.03 Å². The molecule has 2 rings (SSSR count). The summed E-state index contributed by atoms with van der Waals surface area (Å²) < 4.78 is 0. The number of halogens is 1. The van der Waals surface area contributed by atoms with Crippen molar-refractivity contribution in [1.82, 2.24) is 4.90 Å². The van der Waals surface area contributed by atoms with Gasteiger partial charge in [0.2, 0.25) is 0 Å². The second kappa shape index (κ2) is 7.38. The number of rotatable bonds is 4. The third-order valence-electron chi connectivity index (χ3n) is 3.02. The van der Waals surface area contributed by atoms with Crippen LogP contribution in [0.2, 0.25) is 5.02 Å². The van der Waals surface area contributed by atoms with Crippen LogP contribution >= 0.6 is 23.4 Å². The molecule has 21 heavy (non-hydrogen) atoms. The predicted octanol–water partition coefficient (Wildman–Crippen LogP) is 4.73. The monoisotopic (exact) mass is 320 g/mol. The summed E-state index contributed by atoms with van der Waals surface area (Å²) in [5.41, 5.74) is 1.83. The van der Waals surface area contributed by atoms with Gasteiger partial charge in [-0.15, -0.1) is 11.8 Å². The van der Waals surface area contributed by atoms with Crippen LogP contribution in [0.25, 0.3) is 0 Å². The van der Waals surface area contributed by atoms with Crippen molar-refractivity contribution in [3.8, 4) is 0 Å². The molecule has 0 saturated heterocycles. The van der Waals surface area contributed by atoms with Gasteiger partial charge in [0.1, 0.15) is 0 Å². The molecule has 0 unspecified atom stereocenters. The van der Waals surface area contributed by atoms with Crippen LogP contribution in [0.4, 0.5) is 10.5 Å². The normalized spacial score (nSPS) is 10.2. The molecule has 0 bridgehead atoms. The largest absolute Gasteiger partial charge is 0.323 e. The lowest BCUT2D eigenvalue weighted by Gasteiger charge is -2.18. The van der Waals surface area contributed by atoms with Gasteiger partial charge in [0.25, 0.3) is 0 Å². The Morgan fingerprint density at radius 2 is 1.76 bits per heavy atom. The quantitative estimate of drug-likeness (QED) is 0.826. The van der Waals surface area contributed by atoms with E-state index >= 15 is 0 Å². The summed E-state index contributed by atoms with van der Waals surface area (Å²) >= 11 is 7.52. The molecule has 110 valence electrons. The van der Waals surface area contributed by atoms with Gasteiger partial charge in [-0.25, -0.2) is 4.79 Å². The lowest BCUT2D eigenvalue weighted by atomic mass is 10.2. The number of benzene rings is 2. The fraction of sp³-hybridized carbons (Fsp3) is 0.188. The third kappa shape index (κ3) is 4.69. The number of carbonyl (C=O) groups excluding carboxylic acids is 1. The van der Waals surface area contributed by atoms with Crippen LogP contribution in [0.3, 0.4) is 0 Å². The van der Waals surface area contributed by atoms with Gasteiger partial charge in [0.15, 0.2) is 0 Å². The van der Waals surface area contributed by atoms with Gasteiger partial charge in [-0.1, -0.05) is 23.7 Å². The van der Waals surface area contributed by atoms with E-state index in [1.807, 2.05) is 18.4 Å². The smallest absolute Gasteiger partial charge is 0.321 e. The van der Waals surface area contributed by atoms with Crippen LogP contribution < -0.4 is 5.32 Å². The first-order valence-corrected chi connectivity index (χ1v) is 8.09. The number of hydrogen-bond donors (Lipinski definition) is 1. The maximum Gasteiger partial charge on any atom is 0.321 e. The Morgan fingerprint density at radius 1 is 1.14 bits per heavy atom. The van der Waals surface area contributed by atoms with Crippen molar-refractivity contribution in [2.45, 2.75) is 11.4 Å². The van der Waals surface area contributed by atoms with Gasteiger partial charge in [-0.05, 0) is 48.2 Å². The molecule has 2 aromatic rings. The molecule has 2 amide bonds. The van der Waals surface area contributed by atoms with Crippen LogP contribution in [-0.2, 0) is 6.54 Å². The minimum Gasteiger partial charge on any atom is -0.323 e. The number of nitrogens with zero attached hydrogens (tertiary/aromatic N) is 1. The molecule has 1 N–H and O–H groups in total. The van der Waals surface area contributed by atoms with Gasteiger partial charge in [-0.2, -0.15) is 0 Å². The average molecular weight is 321 g/mol. The maximum absolute atomic E-state index is 12.1. The lowest BCUT2D eigenvalue weighted by molar-refractivity contribution is 0.220. The number of anilines is 1. The second-order valence-electron chi connectivity index (χ2n) is 4.64. The summed E-state index contributed by atoms with van der Waals surface area (Å²) in [7, 11) is 1.77. The molecule has 0 fully saturated rings. The fourth-order valence-corrected chi connectivity index (χ4v) is 2.36. The summed E-state index contributed by atoms with van der Waals surface area (Å²) in [4.78, 5) is 15.0. The number of hydrogen-bond acceptors (Lipinski definition) is 2. The van der Waals surface area contributed by atoms with E-state index in [1.54, 1.807) is 48.0 Å². The van der Waals surface area contributed by atoms with Crippen molar-refractivity contribution in [2.75, 3.05) is 18.6 Å². The molecule has 0 aromatic heterocycles. The molecule has 2 aromatic carbocycles. The Hall–Kier alpha value is -1.65. The molecule has 3 nitrogen and oxygen atoms in total.